The summed E-state index contributed by atoms with van der Waals surface area (Å²) in [7, 11) is -3.69. The molecule has 0 saturated heterocycles. The molecule has 0 bridgehead atoms. The Morgan fingerprint density at radius 2 is 1.70 bits per heavy atom. The van der Waals surface area contributed by atoms with Gasteiger partial charge in [-0.15, -0.1) is 0 Å². The van der Waals surface area contributed by atoms with Gasteiger partial charge < -0.3 is 10.1 Å². The Morgan fingerprint density at radius 1 is 1.04 bits per heavy atom. The van der Waals surface area contributed by atoms with E-state index in [0.717, 1.165) is 0 Å². The predicted molar refractivity (Wildman–Crippen MR) is 102 cm³/mol. The van der Waals surface area contributed by atoms with Crippen molar-refractivity contribution in [2.45, 2.75) is 31.7 Å². The molecule has 2 N–H and O–H groups in total. The van der Waals surface area contributed by atoms with Gasteiger partial charge >= 0.3 is 5.97 Å². The van der Waals surface area contributed by atoms with Crippen LogP contribution in [0.1, 0.15) is 41.5 Å². The van der Waals surface area contributed by atoms with Crippen LogP contribution in [0, 0.1) is 0 Å². The largest absolute Gasteiger partial charge is 0.462 e. The number of esters is 1. The molecule has 0 aliphatic heterocycles. The van der Waals surface area contributed by atoms with Gasteiger partial charge in [0, 0.05) is 17.3 Å². The molecule has 0 saturated carbocycles. The van der Waals surface area contributed by atoms with Gasteiger partial charge in [0.2, 0.25) is 10.0 Å². The molecule has 7 nitrogen and oxygen atoms in total. The van der Waals surface area contributed by atoms with Gasteiger partial charge in [-0.2, -0.15) is 0 Å². The quantitative estimate of drug-likeness (QED) is 0.708. The van der Waals surface area contributed by atoms with E-state index in [1.807, 2.05) is 0 Å². The fourth-order valence-electron chi connectivity index (χ4n) is 2.29. The SMILES string of the molecule is CCOC(=O)c1ccc(NC(=O)c2cccc(S(=O)(=O)NC(C)C)c2)cc1. The standard InChI is InChI=1S/C19H22N2O5S/c1-4-26-19(23)14-8-10-16(11-9-14)20-18(22)15-6-5-7-17(12-15)27(24,25)21-13(2)3/h5-13,21H,4H2,1-3H3,(H,20,22). The molecule has 144 valence electrons. The van der Waals surface area contributed by atoms with Crippen molar-refractivity contribution in [3.63, 3.8) is 0 Å². The van der Waals surface area contributed by atoms with Crippen molar-refractivity contribution in [2.75, 3.05) is 11.9 Å². The van der Waals surface area contributed by atoms with E-state index in [-0.39, 0.29) is 23.1 Å². The van der Waals surface area contributed by atoms with Gasteiger partial charge in [0.05, 0.1) is 17.1 Å². The number of sulfonamides is 1. The van der Waals surface area contributed by atoms with Crippen LogP contribution in [0.15, 0.2) is 53.4 Å². The van der Waals surface area contributed by atoms with E-state index in [0.29, 0.717) is 11.3 Å². The molecule has 0 aromatic heterocycles. The smallest absolute Gasteiger partial charge is 0.338 e. The van der Waals surface area contributed by atoms with Gasteiger partial charge in [-0.3, -0.25) is 4.79 Å². The molecule has 0 radical (unpaired) electrons. The van der Waals surface area contributed by atoms with Gasteiger partial charge in [0.25, 0.3) is 5.91 Å². The Kier molecular flexibility index (Phi) is 6.70. The molecule has 27 heavy (non-hydrogen) atoms. The van der Waals surface area contributed by atoms with Crippen LogP contribution < -0.4 is 10.0 Å². The third-order valence-corrected chi connectivity index (χ3v) is 5.11. The van der Waals surface area contributed by atoms with Crippen molar-refractivity contribution >= 4 is 27.6 Å². The van der Waals surface area contributed by atoms with Gasteiger partial charge in [-0.1, -0.05) is 6.07 Å². The number of rotatable bonds is 7. The maximum absolute atomic E-state index is 12.4. The highest BCUT2D eigenvalue weighted by atomic mass is 32.2. The van der Waals surface area contributed by atoms with Crippen molar-refractivity contribution in [3.05, 3.63) is 59.7 Å². The van der Waals surface area contributed by atoms with E-state index in [9.17, 15) is 18.0 Å². The molecule has 0 atom stereocenters. The average molecular weight is 390 g/mol. The molecule has 2 aromatic carbocycles. The lowest BCUT2D eigenvalue weighted by Gasteiger charge is -2.11. The Hall–Kier alpha value is -2.71. The first kappa shape index (κ1) is 20.6. The second-order valence-corrected chi connectivity index (χ2v) is 7.77. The number of hydrogen-bond donors (Lipinski definition) is 2. The summed E-state index contributed by atoms with van der Waals surface area (Å²) in [5.41, 5.74) is 1.06. The van der Waals surface area contributed by atoms with E-state index in [1.165, 1.54) is 24.3 Å². The molecular weight excluding hydrogens is 368 g/mol. The Labute approximate surface area is 158 Å². The zero-order chi connectivity index (χ0) is 20.0. The molecule has 0 fully saturated rings. The molecule has 0 spiro atoms. The number of nitrogens with one attached hydrogen (secondary N) is 2. The third kappa shape index (κ3) is 5.63. The van der Waals surface area contributed by atoms with Crippen LogP contribution in [0.4, 0.5) is 5.69 Å². The van der Waals surface area contributed by atoms with Gasteiger partial charge in [0.15, 0.2) is 0 Å². The lowest BCUT2D eigenvalue weighted by atomic mass is 10.2. The molecule has 2 rings (SSSR count). The summed E-state index contributed by atoms with van der Waals surface area (Å²) < 4.78 is 31.9. The molecular formula is C19H22N2O5S. The Balaban J connectivity index is 2.15. The van der Waals surface area contributed by atoms with Crippen molar-refractivity contribution < 1.29 is 22.7 Å². The van der Waals surface area contributed by atoms with Gasteiger partial charge in [-0.25, -0.2) is 17.9 Å². The van der Waals surface area contributed by atoms with Crippen molar-refractivity contribution in [3.8, 4) is 0 Å². The summed E-state index contributed by atoms with van der Waals surface area (Å²) in [5, 5.41) is 2.67. The lowest BCUT2D eigenvalue weighted by Crippen LogP contribution is -2.30. The average Bonchev–Trinajstić information content (AvgIpc) is 2.61. The topological polar surface area (TPSA) is 102 Å². The number of anilines is 1. The van der Waals surface area contributed by atoms with Crippen LogP contribution in [-0.4, -0.2) is 32.9 Å². The summed E-state index contributed by atoms with van der Waals surface area (Å²) in [4.78, 5) is 24.1. The molecule has 8 heteroatoms. The minimum absolute atomic E-state index is 0.0153. The van der Waals surface area contributed by atoms with Crippen molar-refractivity contribution in [1.82, 2.24) is 4.72 Å². The maximum Gasteiger partial charge on any atom is 0.338 e. The lowest BCUT2D eigenvalue weighted by molar-refractivity contribution is 0.0526. The summed E-state index contributed by atoms with van der Waals surface area (Å²) in [6.45, 7) is 5.43. The summed E-state index contributed by atoms with van der Waals surface area (Å²) in [6.07, 6.45) is 0. The number of carbonyl (C=O) groups excluding carboxylic acids is 2. The highest BCUT2D eigenvalue weighted by molar-refractivity contribution is 7.89. The van der Waals surface area contributed by atoms with Crippen LogP contribution in [-0.2, 0) is 14.8 Å². The van der Waals surface area contributed by atoms with E-state index < -0.39 is 21.9 Å². The maximum atomic E-state index is 12.4. The first-order valence-electron chi connectivity index (χ1n) is 8.44. The highest BCUT2D eigenvalue weighted by Crippen LogP contribution is 2.15. The number of amides is 1. The number of carbonyl (C=O) groups is 2. The normalized spacial score (nSPS) is 11.3. The zero-order valence-electron chi connectivity index (χ0n) is 15.4. The number of ether oxygens (including phenoxy) is 1. The van der Waals surface area contributed by atoms with Crippen LogP contribution in [0.2, 0.25) is 0 Å². The van der Waals surface area contributed by atoms with Crippen molar-refractivity contribution in [2.24, 2.45) is 0 Å². The molecule has 0 unspecified atom stereocenters. The minimum Gasteiger partial charge on any atom is -0.462 e. The van der Waals surface area contributed by atoms with Gasteiger partial charge in [-0.05, 0) is 63.2 Å². The fraction of sp³-hybridized carbons (Fsp3) is 0.263. The monoisotopic (exact) mass is 390 g/mol. The highest BCUT2D eigenvalue weighted by Gasteiger charge is 2.17. The van der Waals surface area contributed by atoms with E-state index in [2.05, 4.69) is 10.0 Å². The summed E-state index contributed by atoms with van der Waals surface area (Å²) in [5.74, 6) is -0.897. The van der Waals surface area contributed by atoms with Crippen LogP contribution >= 0.6 is 0 Å². The second-order valence-electron chi connectivity index (χ2n) is 6.06. The first-order chi connectivity index (χ1) is 12.7. The Morgan fingerprint density at radius 3 is 2.30 bits per heavy atom. The summed E-state index contributed by atoms with van der Waals surface area (Å²) in [6, 6.07) is 11.7. The third-order valence-electron chi connectivity index (χ3n) is 3.45. The van der Waals surface area contributed by atoms with Crippen LogP contribution in [0.5, 0.6) is 0 Å². The molecule has 1 amide bonds. The number of benzene rings is 2. The molecule has 0 aliphatic carbocycles. The van der Waals surface area contributed by atoms with Crippen LogP contribution in [0.3, 0.4) is 0 Å². The van der Waals surface area contributed by atoms with E-state index >= 15 is 0 Å². The fourth-order valence-corrected chi connectivity index (χ4v) is 3.59. The second kappa shape index (κ2) is 8.79. The predicted octanol–water partition coefficient (Wildman–Crippen LogP) is 2.80. The van der Waals surface area contributed by atoms with E-state index in [4.69, 9.17) is 4.74 Å². The number of hydrogen-bond acceptors (Lipinski definition) is 5. The molecule has 0 heterocycles. The zero-order valence-corrected chi connectivity index (χ0v) is 16.2. The Bertz CT molecular complexity index is 921. The molecule has 2 aromatic rings. The summed E-state index contributed by atoms with van der Waals surface area (Å²) >= 11 is 0. The minimum atomic E-state index is -3.69. The van der Waals surface area contributed by atoms with Crippen LogP contribution in [0.25, 0.3) is 0 Å². The molecule has 0 aliphatic rings. The first-order valence-corrected chi connectivity index (χ1v) is 9.92. The van der Waals surface area contributed by atoms with Gasteiger partial charge in [0.1, 0.15) is 0 Å². The van der Waals surface area contributed by atoms with E-state index in [1.54, 1.807) is 45.0 Å². The van der Waals surface area contributed by atoms with Crippen molar-refractivity contribution in [1.29, 1.82) is 0 Å².